The molecule has 0 bridgehead atoms. The molecule has 0 aliphatic rings. The van der Waals surface area contributed by atoms with Gasteiger partial charge in [0, 0.05) is 32.7 Å². The molecule has 12 rings (SSSR count). The Labute approximate surface area is 321 Å². The van der Waals surface area contributed by atoms with Crippen LogP contribution in [0.3, 0.4) is 0 Å². The van der Waals surface area contributed by atoms with Crippen molar-refractivity contribution in [1.29, 1.82) is 0 Å². The van der Waals surface area contributed by atoms with Crippen molar-refractivity contribution in [2.24, 2.45) is 0 Å². The molecule has 3 aromatic heterocycles. The zero-order valence-electron chi connectivity index (χ0n) is 30.0. The van der Waals surface area contributed by atoms with Gasteiger partial charge < -0.3 is 8.98 Å². The second-order valence-corrected chi connectivity index (χ2v) is 14.3. The Hall–Kier alpha value is -7.63. The summed E-state index contributed by atoms with van der Waals surface area (Å²) in [6.07, 6.45) is 0. The lowest BCUT2D eigenvalue weighted by Crippen LogP contribution is -2.00. The minimum Gasteiger partial charge on any atom is -0.453 e. The lowest BCUT2D eigenvalue weighted by molar-refractivity contribution is 0.667. The fraction of sp³-hybridized carbons (Fsp3) is 0. The maximum Gasteiger partial charge on any atom is 0.167 e. The van der Waals surface area contributed by atoms with Gasteiger partial charge in [0.1, 0.15) is 5.58 Å². The van der Waals surface area contributed by atoms with Gasteiger partial charge in [0.05, 0.1) is 22.3 Å². The molecule has 0 saturated heterocycles. The average molecular weight is 715 g/mol. The van der Waals surface area contributed by atoms with Crippen LogP contribution in [0.1, 0.15) is 0 Å². The summed E-state index contributed by atoms with van der Waals surface area (Å²) in [5, 5.41) is 9.63. The fourth-order valence-electron chi connectivity index (χ4n) is 8.71. The Morgan fingerprint density at radius 3 is 1.41 bits per heavy atom. The van der Waals surface area contributed by atoms with E-state index >= 15 is 0 Å². The van der Waals surface area contributed by atoms with Crippen molar-refractivity contribution in [2.45, 2.75) is 0 Å². The molecule has 260 valence electrons. The molecule has 0 amide bonds. The smallest absolute Gasteiger partial charge is 0.167 e. The Morgan fingerprint density at radius 2 is 0.768 bits per heavy atom. The number of para-hydroxylation sites is 2. The fourth-order valence-corrected chi connectivity index (χ4v) is 8.71. The lowest BCUT2D eigenvalue weighted by Gasteiger charge is -2.09. The van der Waals surface area contributed by atoms with E-state index in [1.165, 1.54) is 32.3 Å². The molecule has 0 spiro atoms. The van der Waals surface area contributed by atoms with Gasteiger partial charge in [0.25, 0.3) is 0 Å². The molecule has 0 radical (unpaired) electrons. The van der Waals surface area contributed by atoms with Crippen LogP contribution in [0.4, 0.5) is 0 Å². The van der Waals surface area contributed by atoms with Crippen molar-refractivity contribution in [3.8, 4) is 51.0 Å². The Balaban J connectivity index is 1.08. The molecule has 0 unspecified atom stereocenters. The molecular weight excluding hydrogens is 685 g/mol. The van der Waals surface area contributed by atoms with Crippen molar-refractivity contribution in [3.63, 3.8) is 0 Å². The van der Waals surface area contributed by atoms with Crippen molar-refractivity contribution < 1.29 is 4.42 Å². The molecule has 12 aromatic rings. The molecule has 0 aliphatic heterocycles. The van der Waals surface area contributed by atoms with E-state index in [0.29, 0.717) is 17.5 Å². The highest BCUT2D eigenvalue weighted by atomic mass is 16.3. The third-order valence-corrected chi connectivity index (χ3v) is 11.2. The van der Waals surface area contributed by atoms with E-state index < -0.39 is 0 Å². The molecule has 0 atom stereocenters. The third kappa shape index (κ3) is 4.52. The first-order chi connectivity index (χ1) is 27.8. The van der Waals surface area contributed by atoms with Crippen molar-refractivity contribution in [3.05, 3.63) is 182 Å². The molecule has 5 nitrogen and oxygen atoms in total. The Kier molecular flexibility index (Phi) is 6.56. The molecule has 0 fully saturated rings. The SMILES string of the molecule is c1ccc(-c2ccc(-c3nc(-c4ccccc4)nc(-c4cccc5c4oc4c(-n6c7cccc8c9ccccc9c9cccc6c9c87)cccc45)n3)cc2)cc1. The largest absolute Gasteiger partial charge is 0.453 e. The van der Waals surface area contributed by atoms with Gasteiger partial charge in [-0.3, -0.25) is 0 Å². The highest BCUT2D eigenvalue weighted by Gasteiger charge is 2.23. The van der Waals surface area contributed by atoms with Crippen molar-refractivity contribution in [1.82, 2.24) is 19.5 Å². The first-order valence-electron chi connectivity index (χ1n) is 18.9. The first-order valence-corrected chi connectivity index (χ1v) is 18.9. The minimum atomic E-state index is 0.557. The standard InChI is InChI=1S/C51H30N4O/c1-3-13-31(14-4-1)32-27-29-34(30-28-32)50-52-49(33-15-5-2-6-16-33)53-51(54-50)41-23-9-21-39-40-22-12-26-44(48(40)56-47(39)41)55-42-24-10-19-37-35-17-7-8-18-36(35)38-20-11-25-43(55)46(38)45(37)42/h1-30H. The van der Waals surface area contributed by atoms with Crippen LogP contribution in [-0.2, 0) is 0 Å². The van der Waals surface area contributed by atoms with Crippen LogP contribution in [0.2, 0.25) is 0 Å². The molecule has 0 N–H and O–H groups in total. The molecule has 0 aliphatic carbocycles. The van der Waals surface area contributed by atoms with E-state index in [9.17, 15) is 0 Å². The van der Waals surface area contributed by atoms with Gasteiger partial charge >= 0.3 is 0 Å². The molecule has 9 aromatic carbocycles. The summed E-state index contributed by atoms with van der Waals surface area (Å²) in [5.74, 6) is 1.77. The predicted octanol–water partition coefficient (Wildman–Crippen LogP) is 13.3. The summed E-state index contributed by atoms with van der Waals surface area (Å²) in [7, 11) is 0. The van der Waals surface area contributed by atoms with Crippen molar-refractivity contribution >= 4 is 65.3 Å². The molecular formula is C51H30N4O. The number of hydrogen-bond donors (Lipinski definition) is 0. The number of rotatable bonds is 5. The maximum absolute atomic E-state index is 7.06. The molecule has 0 saturated carbocycles. The quantitative estimate of drug-likeness (QED) is 0.167. The first kappa shape index (κ1) is 30.8. The zero-order valence-corrected chi connectivity index (χ0v) is 30.0. The van der Waals surface area contributed by atoms with E-state index in [0.717, 1.165) is 66.5 Å². The van der Waals surface area contributed by atoms with Crippen molar-refractivity contribution in [2.75, 3.05) is 0 Å². The number of fused-ring (bicyclic) bond motifs is 6. The molecule has 3 heterocycles. The number of hydrogen-bond acceptors (Lipinski definition) is 4. The Bertz CT molecular complexity index is 3370. The van der Waals surface area contributed by atoms with Gasteiger partial charge in [0.2, 0.25) is 0 Å². The summed E-state index contributed by atoms with van der Waals surface area (Å²) in [6.45, 7) is 0. The van der Waals surface area contributed by atoms with E-state index in [1.54, 1.807) is 0 Å². The second-order valence-electron chi connectivity index (χ2n) is 14.3. The normalized spacial score (nSPS) is 11.9. The molecule has 56 heavy (non-hydrogen) atoms. The summed E-state index contributed by atoms with van der Waals surface area (Å²) < 4.78 is 9.44. The molecule has 5 heteroatoms. The average Bonchev–Trinajstić information content (AvgIpc) is 3.83. The topological polar surface area (TPSA) is 56.7 Å². The van der Waals surface area contributed by atoms with E-state index in [1.807, 2.05) is 36.4 Å². The van der Waals surface area contributed by atoms with Crippen LogP contribution in [-0.4, -0.2) is 19.5 Å². The van der Waals surface area contributed by atoms with Crippen LogP contribution in [0.15, 0.2) is 186 Å². The second kappa shape index (κ2) is 11.9. The highest BCUT2D eigenvalue weighted by molar-refractivity contribution is 6.34. The van der Waals surface area contributed by atoms with Crippen LogP contribution < -0.4 is 0 Å². The van der Waals surface area contributed by atoms with Crippen LogP contribution in [0.5, 0.6) is 0 Å². The lowest BCUT2D eigenvalue weighted by atomic mass is 9.95. The van der Waals surface area contributed by atoms with Gasteiger partial charge in [-0.1, -0.05) is 158 Å². The summed E-state index contributed by atoms with van der Waals surface area (Å²) >= 11 is 0. The number of furan rings is 1. The summed E-state index contributed by atoms with van der Waals surface area (Å²) in [4.78, 5) is 15.2. The summed E-state index contributed by atoms with van der Waals surface area (Å²) in [5.41, 5.74) is 9.79. The van der Waals surface area contributed by atoms with E-state index in [-0.39, 0.29) is 0 Å². The highest BCUT2D eigenvalue weighted by Crippen LogP contribution is 2.45. The number of aromatic nitrogens is 4. The van der Waals surface area contributed by atoms with Crippen LogP contribution in [0, 0.1) is 0 Å². The Morgan fingerprint density at radius 1 is 0.321 bits per heavy atom. The maximum atomic E-state index is 7.06. The van der Waals surface area contributed by atoms with Gasteiger partial charge in [0.15, 0.2) is 23.1 Å². The minimum absolute atomic E-state index is 0.557. The van der Waals surface area contributed by atoms with Gasteiger partial charge in [-0.05, 0) is 56.9 Å². The predicted molar refractivity (Wildman–Crippen MR) is 229 cm³/mol. The number of nitrogens with zero attached hydrogens (tertiary/aromatic N) is 4. The van der Waals surface area contributed by atoms with E-state index in [2.05, 4.69) is 150 Å². The van der Waals surface area contributed by atoms with Crippen LogP contribution >= 0.6 is 0 Å². The van der Waals surface area contributed by atoms with E-state index in [4.69, 9.17) is 19.4 Å². The third-order valence-electron chi connectivity index (χ3n) is 11.2. The van der Waals surface area contributed by atoms with Gasteiger partial charge in [-0.15, -0.1) is 0 Å². The summed E-state index contributed by atoms with van der Waals surface area (Å²) in [6, 6.07) is 63.6. The van der Waals surface area contributed by atoms with Crippen LogP contribution in [0.25, 0.3) is 116 Å². The van der Waals surface area contributed by atoms with Gasteiger partial charge in [-0.25, -0.2) is 15.0 Å². The zero-order chi connectivity index (χ0) is 36.7. The monoisotopic (exact) mass is 714 g/mol. The number of benzene rings is 9. The van der Waals surface area contributed by atoms with Gasteiger partial charge in [-0.2, -0.15) is 0 Å².